The number of hydrogen-bond acceptors (Lipinski definition) is 5. The van der Waals surface area contributed by atoms with Crippen molar-refractivity contribution in [2.24, 2.45) is 0 Å². The van der Waals surface area contributed by atoms with Crippen molar-refractivity contribution in [3.63, 3.8) is 0 Å². The zero-order chi connectivity index (χ0) is 19.5. The summed E-state index contributed by atoms with van der Waals surface area (Å²) in [5.41, 5.74) is 2.60. The second-order valence-electron chi connectivity index (χ2n) is 6.05. The number of sulfonamides is 1. The second-order valence-corrected chi connectivity index (χ2v) is 8.06. The summed E-state index contributed by atoms with van der Waals surface area (Å²) in [6.45, 7) is 3.95. The van der Waals surface area contributed by atoms with Gasteiger partial charge in [-0.1, -0.05) is 6.07 Å². The van der Waals surface area contributed by atoms with Crippen LogP contribution in [0.3, 0.4) is 0 Å². The van der Waals surface area contributed by atoms with Crippen molar-refractivity contribution >= 4 is 10.0 Å². The first-order chi connectivity index (χ1) is 12.2. The normalized spacial score (nSPS) is 11.5. The lowest BCUT2D eigenvalue weighted by Gasteiger charge is -2.21. The van der Waals surface area contributed by atoms with Gasteiger partial charge in [-0.3, -0.25) is 0 Å². The molecule has 26 heavy (non-hydrogen) atoms. The molecule has 142 valence electrons. The fraction of sp³-hybridized carbons (Fsp3) is 0.368. The van der Waals surface area contributed by atoms with Crippen LogP contribution in [0.2, 0.25) is 0 Å². The molecule has 0 saturated carbocycles. The van der Waals surface area contributed by atoms with E-state index in [-0.39, 0.29) is 11.4 Å². The number of benzene rings is 2. The topological polar surface area (TPSA) is 65.1 Å². The summed E-state index contributed by atoms with van der Waals surface area (Å²) in [7, 11) is 2.41. The molecule has 0 aliphatic carbocycles. The van der Waals surface area contributed by atoms with Crippen LogP contribution < -0.4 is 14.2 Å². The van der Waals surface area contributed by atoms with Crippen molar-refractivity contribution in [3.8, 4) is 17.2 Å². The van der Waals surface area contributed by atoms with Crippen LogP contribution in [0.25, 0.3) is 0 Å². The molecule has 0 atom stereocenters. The number of ether oxygens (including phenoxy) is 3. The Kier molecular flexibility index (Phi) is 6.15. The minimum atomic E-state index is -3.72. The van der Waals surface area contributed by atoms with Crippen LogP contribution in [0, 0.1) is 13.8 Å². The molecular formula is C19H25NO5S. The molecule has 0 saturated heterocycles. The SMILES string of the molecule is COc1cc(C)c(CN(C)S(=O)(=O)c2cc(C)ccc2OC)cc1OC. The van der Waals surface area contributed by atoms with Gasteiger partial charge in [0.1, 0.15) is 10.6 Å². The van der Waals surface area contributed by atoms with E-state index in [1.165, 1.54) is 11.4 Å². The third-order valence-electron chi connectivity index (χ3n) is 4.24. The van der Waals surface area contributed by atoms with Gasteiger partial charge in [0.05, 0.1) is 21.3 Å². The summed E-state index contributed by atoms with van der Waals surface area (Å²) in [5.74, 6) is 1.50. The summed E-state index contributed by atoms with van der Waals surface area (Å²) in [6, 6.07) is 8.73. The Morgan fingerprint density at radius 3 is 2.04 bits per heavy atom. The van der Waals surface area contributed by atoms with Gasteiger partial charge in [-0.2, -0.15) is 4.31 Å². The lowest BCUT2D eigenvalue weighted by Crippen LogP contribution is -2.27. The monoisotopic (exact) mass is 379 g/mol. The van der Waals surface area contributed by atoms with E-state index in [0.29, 0.717) is 17.2 Å². The van der Waals surface area contributed by atoms with Crippen LogP contribution in [0.15, 0.2) is 35.2 Å². The molecule has 0 spiro atoms. The number of aryl methyl sites for hydroxylation is 2. The van der Waals surface area contributed by atoms with Crippen LogP contribution in [-0.4, -0.2) is 41.1 Å². The van der Waals surface area contributed by atoms with Crippen LogP contribution in [0.5, 0.6) is 17.2 Å². The van der Waals surface area contributed by atoms with Gasteiger partial charge in [-0.15, -0.1) is 0 Å². The number of hydrogen-bond donors (Lipinski definition) is 0. The Morgan fingerprint density at radius 2 is 1.46 bits per heavy atom. The van der Waals surface area contributed by atoms with Crippen LogP contribution in [0.1, 0.15) is 16.7 Å². The molecule has 2 aromatic carbocycles. The van der Waals surface area contributed by atoms with E-state index in [2.05, 4.69) is 0 Å². The van der Waals surface area contributed by atoms with Gasteiger partial charge < -0.3 is 14.2 Å². The van der Waals surface area contributed by atoms with E-state index in [9.17, 15) is 8.42 Å². The Balaban J connectivity index is 2.41. The smallest absolute Gasteiger partial charge is 0.246 e. The Hall–Kier alpha value is -2.25. The molecule has 0 heterocycles. The van der Waals surface area contributed by atoms with E-state index in [4.69, 9.17) is 14.2 Å². The highest BCUT2D eigenvalue weighted by molar-refractivity contribution is 7.89. The Morgan fingerprint density at radius 1 is 0.885 bits per heavy atom. The first kappa shape index (κ1) is 20.1. The quantitative estimate of drug-likeness (QED) is 0.739. The van der Waals surface area contributed by atoms with Gasteiger partial charge in [-0.05, 0) is 54.8 Å². The molecule has 0 amide bonds. The summed E-state index contributed by atoms with van der Waals surface area (Å²) < 4.78 is 43.2. The van der Waals surface area contributed by atoms with Gasteiger partial charge >= 0.3 is 0 Å². The highest BCUT2D eigenvalue weighted by atomic mass is 32.2. The molecule has 2 aromatic rings. The molecule has 0 fully saturated rings. The highest BCUT2D eigenvalue weighted by Gasteiger charge is 2.26. The number of nitrogens with zero attached hydrogens (tertiary/aromatic N) is 1. The maximum atomic E-state index is 13.0. The molecule has 0 aliphatic heterocycles. The van der Waals surface area contributed by atoms with Gasteiger partial charge in [0.25, 0.3) is 0 Å². The fourth-order valence-electron chi connectivity index (χ4n) is 2.67. The molecule has 0 unspecified atom stereocenters. The summed E-state index contributed by atoms with van der Waals surface area (Å²) >= 11 is 0. The van der Waals surface area contributed by atoms with E-state index >= 15 is 0 Å². The van der Waals surface area contributed by atoms with Gasteiger partial charge in [0, 0.05) is 13.6 Å². The number of methoxy groups -OCH3 is 3. The van der Waals surface area contributed by atoms with Crippen molar-refractivity contribution in [1.82, 2.24) is 4.31 Å². The Labute approximate surface area is 155 Å². The molecule has 0 bridgehead atoms. The zero-order valence-electron chi connectivity index (χ0n) is 16.0. The molecule has 0 N–H and O–H groups in total. The van der Waals surface area contributed by atoms with Crippen LogP contribution >= 0.6 is 0 Å². The molecule has 6 nitrogen and oxygen atoms in total. The molecular weight excluding hydrogens is 354 g/mol. The van der Waals surface area contributed by atoms with Crippen molar-refractivity contribution in [1.29, 1.82) is 0 Å². The molecule has 0 aromatic heterocycles. The lowest BCUT2D eigenvalue weighted by atomic mass is 10.1. The van der Waals surface area contributed by atoms with Crippen LogP contribution in [-0.2, 0) is 16.6 Å². The average Bonchev–Trinajstić information content (AvgIpc) is 2.62. The van der Waals surface area contributed by atoms with Crippen LogP contribution in [0.4, 0.5) is 0 Å². The largest absolute Gasteiger partial charge is 0.495 e. The van der Waals surface area contributed by atoms with E-state index in [0.717, 1.165) is 16.7 Å². The third-order valence-corrected chi connectivity index (χ3v) is 6.07. The average molecular weight is 379 g/mol. The predicted molar refractivity (Wildman–Crippen MR) is 101 cm³/mol. The molecule has 0 aliphatic rings. The van der Waals surface area contributed by atoms with Gasteiger partial charge in [-0.25, -0.2) is 8.42 Å². The van der Waals surface area contributed by atoms with E-state index in [1.807, 2.05) is 26.0 Å². The van der Waals surface area contributed by atoms with E-state index in [1.54, 1.807) is 39.5 Å². The third kappa shape index (κ3) is 3.94. The van der Waals surface area contributed by atoms with Crippen molar-refractivity contribution in [2.75, 3.05) is 28.4 Å². The summed E-state index contributed by atoms with van der Waals surface area (Å²) in [4.78, 5) is 0.153. The molecule has 2 rings (SSSR count). The van der Waals surface area contributed by atoms with Gasteiger partial charge in [0.2, 0.25) is 10.0 Å². The Bertz CT molecular complexity index is 893. The number of rotatable bonds is 7. The molecule has 0 radical (unpaired) electrons. The fourth-order valence-corrected chi connectivity index (χ4v) is 4.06. The van der Waals surface area contributed by atoms with Crippen molar-refractivity contribution < 1.29 is 22.6 Å². The maximum Gasteiger partial charge on any atom is 0.246 e. The molecule has 7 heteroatoms. The lowest BCUT2D eigenvalue weighted by molar-refractivity contribution is 0.353. The first-order valence-electron chi connectivity index (χ1n) is 8.07. The maximum absolute atomic E-state index is 13.0. The summed E-state index contributed by atoms with van der Waals surface area (Å²) in [6.07, 6.45) is 0. The second kappa shape index (κ2) is 7.97. The van der Waals surface area contributed by atoms with E-state index < -0.39 is 10.0 Å². The van der Waals surface area contributed by atoms with Crippen molar-refractivity contribution in [2.45, 2.75) is 25.3 Å². The first-order valence-corrected chi connectivity index (χ1v) is 9.51. The minimum Gasteiger partial charge on any atom is -0.495 e. The van der Waals surface area contributed by atoms with Gasteiger partial charge in [0.15, 0.2) is 11.5 Å². The zero-order valence-corrected chi connectivity index (χ0v) is 16.8. The highest BCUT2D eigenvalue weighted by Crippen LogP contribution is 2.32. The predicted octanol–water partition coefficient (Wildman–Crippen LogP) is 3.15. The van der Waals surface area contributed by atoms with Crippen molar-refractivity contribution in [3.05, 3.63) is 47.0 Å². The summed E-state index contributed by atoms with van der Waals surface area (Å²) in [5, 5.41) is 0. The minimum absolute atomic E-state index is 0.153. The standard InChI is InChI=1S/C19H25NO5S/c1-13-7-8-16(23-4)19(9-13)26(21,22)20(3)12-15-11-18(25-6)17(24-5)10-14(15)2/h7-11H,12H2,1-6H3.